The van der Waals surface area contributed by atoms with Crippen LogP contribution in [0.3, 0.4) is 0 Å². The van der Waals surface area contributed by atoms with Gasteiger partial charge in [-0.25, -0.2) is 4.79 Å². The Labute approximate surface area is 538 Å². The average Bonchev–Trinajstić information content (AvgIpc) is 0.784. The van der Waals surface area contributed by atoms with E-state index >= 15 is 24.0 Å². The molecule has 7 aliphatic heterocycles. The third-order valence-electron chi connectivity index (χ3n) is 17.1. The van der Waals surface area contributed by atoms with Gasteiger partial charge < -0.3 is 113 Å². The molecule has 18 N–H and O–H groups in total. The number of ether oxygens (including phenoxy) is 6. The summed E-state index contributed by atoms with van der Waals surface area (Å²) < 4.78 is 36.6. The predicted octanol–water partition coefficient (Wildman–Crippen LogP) is 3.41. The number of aliphatic hydroxyl groups excluding tert-OH is 2. The third kappa shape index (κ3) is 12.4. The van der Waals surface area contributed by atoms with Crippen molar-refractivity contribution in [1.82, 2.24) is 31.9 Å². The largest absolute Gasteiger partial charge is 0.508 e. The lowest BCUT2D eigenvalue weighted by Crippen LogP contribution is -2.57. The number of benzene rings is 7. The number of hydrogen-bond donors (Lipinski definition) is 16. The molecular formula is C66H62N8O21. The smallest absolute Gasteiger partial charge is 0.333 e. The molecule has 0 aromatic heterocycles. The van der Waals surface area contributed by atoms with Gasteiger partial charge in [0.25, 0.3) is 0 Å². The van der Waals surface area contributed by atoms with Crippen molar-refractivity contribution in [2.75, 3.05) is 7.11 Å². The maximum absolute atomic E-state index is 16.0. The van der Waals surface area contributed by atoms with Crippen LogP contribution in [-0.2, 0) is 47.8 Å². The van der Waals surface area contributed by atoms with Crippen LogP contribution in [0.1, 0.15) is 100 Å². The first-order chi connectivity index (χ1) is 45.3. The third-order valence-corrected chi connectivity index (χ3v) is 17.1. The molecule has 1 fully saturated rings. The van der Waals surface area contributed by atoms with Gasteiger partial charge in [-0.1, -0.05) is 36.4 Å². The Morgan fingerprint density at radius 3 is 1.71 bits per heavy atom. The van der Waals surface area contributed by atoms with Gasteiger partial charge in [-0.3, -0.25) is 28.8 Å². The summed E-state index contributed by atoms with van der Waals surface area (Å²) in [6, 6.07) is 9.44. The fraction of sp³-hybridized carbons (Fsp3) is 0.258. The average molecular weight is 1300 g/mol. The topological polar surface area (TPSA) is 461 Å². The SMILES string of the molecule is COC(=O)[C@@H]1NC(=O)[C@H]2NC(=O)[C@H](NC(=O)[C@@H]3NC(=O)[C@H]4NC(=O)[C@H](NC(=O)[C@@H](N)c5ccc(O)c(c5)Oc5cc4cc(O)c5C)[C@H](O)c4ccc(cc4)Oc4cc3cc(c4O)Oc3ccc(cc3)[C@H]2O[C@H]2C[C@@H](N)[C@@H](O)[C@H](C)O2)c2ccc(O)c(c2)-c2c(O)cc(O)cc21. The number of amides is 6. The summed E-state index contributed by atoms with van der Waals surface area (Å²) in [6.07, 6.45) is -7.32. The molecule has 0 unspecified atom stereocenters. The van der Waals surface area contributed by atoms with E-state index in [9.17, 15) is 50.4 Å². The molecule has 0 spiro atoms. The number of rotatable bonds is 3. The number of phenolic OH excluding ortho intramolecular Hbond substituents is 6. The van der Waals surface area contributed by atoms with Gasteiger partial charge in [-0.05, 0) is 126 Å². The Hall–Kier alpha value is -11.2. The molecule has 0 aliphatic carbocycles. The van der Waals surface area contributed by atoms with E-state index in [1.807, 2.05) is 0 Å². The van der Waals surface area contributed by atoms with E-state index in [0.29, 0.717) is 0 Å². The second kappa shape index (κ2) is 25.4. The molecule has 14 rings (SSSR count). The van der Waals surface area contributed by atoms with E-state index in [1.54, 1.807) is 0 Å². The summed E-state index contributed by atoms with van der Waals surface area (Å²) >= 11 is 0. The van der Waals surface area contributed by atoms with Gasteiger partial charge in [0.2, 0.25) is 41.2 Å². The van der Waals surface area contributed by atoms with Crippen LogP contribution in [0, 0.1) is 6.92 Å². The standard InChI is InChI=1S/C66H62N8O21/c1-25-41(78)17-31-19-43(25)94-44-18-29(8-15-40(44)77)49(68)60(83)73-54-57(81)27-4-10-34(11-5-27)92-45-20-32-21-46(58(45)82)93-35-12-6-28(7-13-35)59(95-47-24-38(67)56(80)26(2)91-47)55-65(88)72-53(66(89)90-3)37-22-33(75)23-42(79)48(37)36-16-30(9-14-39(36)76)50(61(84)74-55)69-63(86)52(32)70-62(85)51(31)71-64(54)87/h4-23,26,38,47,49-57,59,75-82H,24,67-68H2,1-3H3,(H,69,86)(H,70,85)(H,71,87)(H,72,88)(H,73,83)(H,74,84)/t26-,38+,47-,49-,50+,51-,52+,53+,54+,55-,56-,57+,59+/m0/s1. The number of methoxy groups -OCH3 is 1. The number of nitrogens with one attached hydrogen (secondary N) is 6. The maximum Gasteiger partial charge on any atom is 0.333 e. The van der Waals surface area contributed by atoms with Crippen molar-refractivity contribution < 1.29 is 103 Å². The van der Waals surface area contributed by atoms with E-state index in [4.69, 9.17) is 39.9 Å². The van der Waals surface area contributed by atoms with Crippen LogP contribution in [0.4, 0.5) is 0 Å². The number of esters is 1. The quantitative estimate of drug-likeness (QED) is 0.113. The zero-order valence-electron chi connectivity index (χ0n) is 50.3. The molecule has 29 heteroatoms. The van der Waals surface area contributed by atoms with E-state index in [1.165, 1.54) is 92.7 Å². The number of aromatic hydroxyl groups is 6. The molecule has 492 valence electrons. The monoisotopic (exact) mass is 1300 g/mol. The predicted molar refractivity (Wildman–Crippen MR) is 327 cm³/mol. The number of carbonyl (C=O) groups excluding carboxylic acids is 7. The molecule has 95 heavy (non-hydrogen) atoms. The Morgan fingerprint density at radius 1 is 0.526 bits per heavy atom. The minimum Gasteiger partial charge on any atom is -0.508 e. The van der Waals surface area contributed by atoms with Gasteiger partial charge in [-0.2, -0.15) is 0 Å². The molecule has 1 saturated heterocycles. The number of hydrogen-bond acceptors (Lipinski definition) is 23. The fourth-order valence-electron chi connectivity index (χ4n) is 11.9. The highest BCUT2D eigenvalue weighted by molar-refractivity contribution is 6.00. The minimum absolute atomic E-state index is 0.00324. The van der Waals surface area contributed by atoms with Gasteiger partial charge in [-0.15, -0.1) is 0 Å². The van der Waals surface area contributed by atoms with Gasteiger partial charge in [0.15, 0.2) is 35.3 Å². The summed E-state index contributed by atoms with van der Waals surface area (Å²) in [5.41, 5.74) is 11.1. The molecule has 7 aromatic carbocycles. The van der Waals surface area contributed by atoms with Gasteiger partial charge in [0, 0.05) is 40.8 Å². The molecule has 29 nitrogen and oxygen atoms in total. The first kappa shape index (κ1) is 63.9. The molecule has 6 amide bonds. The molecule has 17 bridgehead atoms. The Kier molecular flexibility index (Phi) is 17.1. The lowest BCUT2D eigenvalue weighted by molar-refractivity contribution is -0.243. The molecule has 7 heterocycles. The van der Waals surface area contributed by atoms with Crippen molar-refractivity contribution in [2.45, 2.75) is 99.3 Å². The first-order valence-corrected chi connectivity index (χ1v) is 29.6. The summed E-state index contributed by atoms with van der Waals surface area (Å²) in [6.45, 7) is 2.94. The van der Waals surface area contributed by atoms with Crippen molar-refractivity contribution in [1.29, 1.82) is 0 Å². The summed E-state index contributed by atoms with van der Waals surface area (Å²) in [5, 5.41) is 108. The highest BCUT2D eigenvalue weighted by atomic mass is 16.7. The second-order valence-corrected chi connectivity index (χ2v) is 23.3. The van der Waals surface area contributed by atoms with E-state index in [-0.39, 0.29) is 79.5 Å². The Balaban J connectivity index is 1.08. The van der Waals surface area contributed by atoms with E-state index in [0.717, 1.165) is 49.6 Å². The fourth-order valence-corrected chi connectivity index (χ4v) is 11.9. The van der Waals surface area contributed by atoms with Crippen molar-refractivity contribution in [3.63, 3.8) is 0 Å². The number of carbonyl (C=O) groups is 7. The van der Waals surface area contributed by atoms with E-state index in [2.05, 4.69) is 31.9 Å². The zero-order chi connectivity index (χ0) is 67.6. The van der Waals surface area contributed by atoms with Gasteiger partial charge in [0.1, 0.15) is 88.7 Å². The minimum atomic E-state index is -2.17. The number of aliphatic hydroxyl groups is 2. The van der Waals surface area contributed by atoms with Crippen molar-refractivity contribution in [3.8, 4) is 80.1 Å². The molecule has 0 saturated carbocycles. The summed E-state index contributed by atoms with van der Waals surface area (Å²) in [7, 11) is 0.985. The molecule has 7 aliphatic rings. The lowest BCUT2D eigenvalue weighted by Gasteiger charge is -2.39. The zero-order valence-corrected chi connectivity index (χ0v) is 50.3. The number of phenols is 6. The van der Waals surface area contributed by atoms with Gasteiger partial charge in [0.05, 0.1) is 19.3 Å². The van der Waals surface area contributed by atoms with Crippen LogP contribution in [0.2, 0.25) is 0 Å². The highest BCUT2D eigenvalue weighted by Gasteiger charge is 2.45. The molecule has 7 aromatic rings. The van der Waals surface area contributed by atoms with Crippen molar-refractivity contribution in [3.05, 3.63) is 166 Å². The maximum atomic E-state index is 16.0. The summed E-state index contributed by atoms with van der Waals surface area (Å²) in [4.78, 5) is 106. The number of fused-ring (bicyclic) bond motifs is 14. The number of nitrogens with two attached hydrogens (primary N) is 2. The Bertz CT molecular complexity index is 4270. The van der Waals surface area contributed by atoms with Crippen molar-refractivity contribution in [2.24, 2.45) is 11.5 Å². The second-order valence-electron chi connectivity index (χ2n) is 23.3. The van der Waals surface area contributed by atoms with Crippen LogP contribution >= 0.6 is 0 Å². The van der Waals surface area contributed by atoms with Crippen LogP contribution in [0.25, 0.3) is 11.1 Å². The molecule has 13 atom stereocenters. The Morgan fingerprint density at radius 2 is 1.06 bits per heavy atom. The normalized spacial score (nSPS) is 25.8. The van der Waals surface area contributed by atoms with Crippen LogP contribution in [0.5, 0.6) is 69.0 Å². The molecule has 0 radical (unpaired) electrons. The molecular weight excluding hydrogens is 1240 g/mol. The van der Waals surface area contributed by atoms with Crippen molar-refractivity contribution >= 4 is 41.4 Å². The highest BCUT2D eigenvalue weighted by Crippen LogP contribution is 2.48. The first-order valence-electron chi connectivity index (χ1n) is 29.6. The van der Waals surface area contributed by atoms with Gasteiger partial charge >= 0.3 is 5.97 Å². The van der Waals surface area contributed by atoms with Crippen LogP contribution < -0.4 is 57.6 Å². The van der Waals surface area contributed by atoms with E-state index < -0.39 is 172 Å². The van der Waals surface area contributed by atoms with Crippen LogP contribution in [0.15, 0.2) is 121 Å². The van der Waals surface area contributed by atoms with Crippen LogP contribution in [-0.4, -0.2) is 126 Å². The lowest BCUT2D eigenvalue weighted by atomic mass is 9.89. The summed E-state index contributed by atoms with van der Waals surface area (Å²) in [5.74, 6) is -13.8.